The number of anilines is 1. The highest BCUT2D eigenvalue weighted by Gasteiger charge is 2.29. The van der Waals surface area contributed by atoms with Crippen LogP contribution in [0.5, 0.6) is 0 Å². The van der Waals surface area contributed by atoms with Crippen LogP contribution in [0.2, 0.25) is 0 Å². The zero-order valence-corrected chi connectivity index (χ0v) is 20.7. The fourth-order valence-electron chi connectivity index (χ4n) is 4.91. The van der Waals surface area contributed by atoms with Gasteiger partial charge >= 0.3 is 0 Å². The van der Waals surface area contributed by atoms with Crippen molar-refractivity contribution in [1.82, 2.24) is 9.55 Å². The number of fused-ring (bicyclic) bond motifs is 2. The summed E-state index contributed by atoms with van der Waals surface area (Å²) in [5, 5.41) is 1.20. The van der Waals surface area contributed by atoms with Gasteiger partial charge in [-0.1, -0.05) is 36.7 Å². The topological polar surface area (TPSA) is 89.3 Å². The number of carbonyl (C=O) groups is 1. The first-order chi connectivity index (χ1) is 16.4. The monoisotopic (exact) mass is 497 g/mol. The molecule has 0 saturated heterocycles. The zero-order chi connectivity index (χ0) is 23.9. The number of carbonyl (C=O) groups excluding carboxylic acids is 1. The van der Waals surface area contributed by atoms with E-state index in [4.69, 9.17) is 4.98 Å². The Morgan fingerprint density at radius 3 is 2.68 bits per heavy atom. The van der Waals surface area contributed by atoms with Crippen LogP contribution >= 0.6 is 11.8 Å². The Kier molecular flexibility index (Phi) is 6.24. The molecule has 178 valence electrons. The molecule has 2 heterocycles. The van der Waals surface area contributed by atoms with Crippen molar-refractivity contribution < 1.29 is 13.2 Å². The SMILES string of the molecule is CCS(=O)(=O)N1CCc2cc(C(=O)CSc3nc4ccccc4c(=O)n3C3CCCC3)ccc21. The molecule has 7 nitrogen and oxygen atoms in total. The van der Waals surface area contributed by atoms with Gasteiger partial charge in [-0.15, -0.1) is 0 Å². The number of benzene rings is 2. The summed E-state index contributed by atoms with van der Waals surface area (Å²) in [5.74, 6) is 0.142. The van der Waals surface area contributed by atoms with E-state index in [1.165, 1.54) is 16.1 Å². The number of thioether (sulfide) groups is 1. The number of sulfonamides is 1. The quantitative estimate of drug-likeness (QED) is 0.276. The zero-order valence-electron chi connectivity index (χ0n) is 19.1. The summed E-state index contributed by atoms with van der Waals surface area (Å²) in [6.45, 7) is 2.04. The van der Waals surface area contributed by atoms with Crippen molar-refractivity contribution in [2.45, 2.75) is 50.2 Å². The van der Waals surface area contributed by atoms with E-state index in [0.29, 0.717) is 40.3 Å². The van der Waals surface area contributed by atoms with Gasteiger partial charge in [0.1, 0.15) is 0 Å². The van der Waals surface area contributed by atoms with Crippen molar-refractivity contribution in [3.05, 3.63) is 63.9 Å². The molecule has 0 radical (unpaired) electrons. The number of rotatable bonds is 7. The van der Waals surface area contributed by atoms with E-state index < -0.39 is 10.0 Å². The number of hydrogen-bond donors (Lipinski definition) is 0. The summed E-state index contributed by atoms with van der Waals surface area (Å²) in [5.41, 5.74) is 2.70. The van der Waals surface area contributed by atoms with Crippen LogP contribution in [0.4, 0.5) is 5.69 Å². The van der Waals surface area contributed by atoms with E-state index in [0.717, 1.165) is 31.2 Å². The molecular weight excluding hydrogens is 470 g/mol. The van der Waals surface area contributed by atoms with Crippen molar-refractivity contribution in [3.8, 4) is 0 Å². The molecule has 0 N–H and O–H groups in total. The van der Waals surface area contributed by atoms with E-state index in [-0.39, 0.29) is 28.9 Å². The Hall–Kier alpha value is -2.65. The van der Waals surface area contributed by atoms with E-state index in [2.05, 4.69) is 0 Å². The van der Waals surface area contributed by atoms with Crippen LogP contribution in [0.1, 0.15) is 54.6 Å². The normalized spacial score (nSPS) is 16.3. The summed E-state index contributed by atoms with van der Waals surface area (Å²) in [4.78, 5) is 31.1. The summed E-state index contributed by atoms with van der Waals surface area (Å²) >= 11 is 1.30. The molecule has 0 unspecified atom stereocenters. The van der Waals surface area contributed by atoms with E-state index in [1.807, 2.05) is 24.3 Å². The number of para-hydroxylation sites is 1. The Bertz CT molecular complexity index is 1430. The Labute approximate surface area is 203 Å². The third-order valence-electron chi connectivity index (χ3n) is 6.75. The first kappa shape index (κ1) is 23.1. The van der Waals surface area contributed by atoms with Gasteiger partial charge in [0.2, 0.25) is 10.0 Å². The number of nitrogens with zero attached hydrogens (tertiary/aromatic N) is 3. The maximum Gasteiger partial charge on any atom is 0.262 e. The third-order valence-corrected chi connectivity index (χ3v) is 9.49. The van der Waals surface area contributed by atoms with Gasteiger partial charge in [0.05, 0.1) is 28.1 Å². The molecule has 1 aliphatic carbocycles. The molecule has 9 heteroatoms. The number of aromatic nitrogens is 2. The average molecular weight is 498 g/mol. The molecular formula is C25H27N3O4S2. The highest BCUT2D eigenvalue weighted by Crippen LogP contribution is 2.34. The van der Waals surface area contributed by atoms with Gasteiger partial charge < -0.3 is 0 Å². The lowest BCUT2D eigenvalue weighted by molar-refractivity contribution is 0.102. The first-order valence-electron chi connectivity index (χ1n) is 11.7. The highest BCUT2D eigenvalue weighted by atomic mass is 32.2. The maximum atomic E-state index is 13.3. The lowest BCUT2D eigenvalue weighted by atomic mass is 10.1. The molecule has 0 atom stereocenters. The van der Waals surface area contributed by atoms with E-state index in [1.54, 1.807) is 29.7 Å². The van der Waals surface area contributed by atoms with Gasteiger partial charge in [-0.3, -0.25) is 18.5 Å². The van der Waals surface area contributed by atoms with E-state index in [9.17, 15) is 18.0 Å². The van der Waals surface area contributed by atoms with E-state index >= 15 is 0 Å². The molecule has 2 aromatic carbocycles. The van der Waals surface area contributed by atoms with Gasteiger partial charge in [0.15, 0.2) is 10.9 Å². The van der Waals surface area contributed by atoms with Crippen LogP contribution in [-0.2, 0) is 16.4 Å². The Balaban J connectivity index is 1.41. The molecule has 3 aromatic rings. The van der Waals surface area contributed by atoms with Crippen LogP contribution < -0.4 is 9.86 Å². The van der Waals surface area contributed by atoms with Crippen molar-refractivity contribution in [2.24, 2.45) is 0 Å². The molecule has 1 saturated carbocycles. The summed E-state index contributed by atoms with van der Waals surface area (Å²) in [7, 11) is -3.32. The van der Waals surface area contributed by atoms with Crippen molar-refractivity contribution in [1.29, 1.82) is 0 Å². The minimum atomic E-state index is -3.32. The molecule has 0 bridgehead atoms. The number of hydrogen-bond acceptors (Lipinski definition) is 6. The fourth-order valence-corrected chi connectivity index (χ4v) is 7.03. The second-order valence-electron chi connectivity index (χ2n) is 8.80. The molecule has 0 amide bonds. The van der Waals surface area contributed by atoms with Gasteiger partial charge in [-0.2, -0.15) is 0 Å². The van der Waals surface area contributed by atoms with Gasteiger partial charge in [-0.05, 0) is 62.1 Å². The molecule has 5 rings (SSSR count). The van der Waals surface area contributed by atoms with Crippen LogP contribution in [0.3, 0.4) is 0 Å². The molecule has 1 aromatic heterocycles. The molecule has 1 aliphatic heterocycles. The van der Waals surface area contributed by atoms with Crippen molar-refractivity contribution >= 4 is 44.2 Å². The van der Waals surface area contributed by atoms with Crippen LogP contribution in [-0.4, -0.2) is 41.8 Å². The molecule has 1 fully saturated rings. The first-order valence-corrected chi connectivity index (χ1v) is 14.3. The largest absolute Gasteiger partial charge is 0.293 e. The lowest BCUT2D eigenvalue weighted by Crippen LogP contribution is -2.30. The Morgan fingerprint density at radius 1 is 1.15 bits per heavy atom. The predicted molar refractivity (Wildman–Crippen MR) is 136 cm³/mol. The smallest absolute Gasteiger partial charge is 0.262 e. The molecule has 0 spiro atoms. The summed E-state index contributed by atoms with van der Waals surface area (Å²) in [6.07, 6.45) is 4.67. The highest BCUT2D eigenvalue weighted by molar-refractivity contribution is 7.99. The second-order valence-corrected chi connectivity index (χ2v) is 11.9. The number of ketones is 1. The third kappa shape index (κ3) is 4.15. The summed E-state index contributed by atoms with van der Waals surface area (Å²) < 4.78 is 27.9. The van der Waals surface area contributed by atoms with Gasteiger partial charge in [0, 0.05) is 18.2 Å². The maximum absolute atomic E-state index is 13.3. The minimum Gasteiger partial charge on any atom is -0.293 e. The van der Waals surface area contributed by atoms with Crippen LogP contribution in [0.15, 0.2) is 52.4 Å². The van der Waals surface area contributed by atoms with Crippen LogP contribution in [0, 0.1) is 0 Å². The predicted octanol–water partition coefficient (Wildman–Crippen LogP) is 4.20. The number of Topliss-reactive ketones (excluding diaryl/α,β-unsaturated/α-hetero) is 1. The van der Waals surface area contributed by atoms with Crippen LogP contribution in [0.25, 0.3) is 10.9 Å². The van der Waals surface area contributed by atoms with Crippen molar-refractivity contribution in [2.75, 3.05) is 22.4 Å². The standard InChI is InChI=1S/C25H27N3O4S2/c1-2-34(31,32)27-14-13-17-15-18(11-12-22(17)27)23(29)16-33-25-26-21-10-6-5-9-20(21)24(30)28(25)19-7-3-4-8-19/h5-6,9-12,15,19H,2-4,7-8,13-14,16H2,1H3. The second kappa shape index (κ2) is 9.19. The molecule has 34 heavy (non-hydrogen) atoms. The minimum absolute atomic E-state index is 0.0396. The Morgan fingerprint density at radius 2 is 1.91 bits per heavy atom. The summed E-state index contributed by atoms with van der Waals surface area (Å²) in [6, 6.07) is 12.7. The van der Waals surface area contributed by atoms with Gasteiger partial charge in [-0.25, -0.2) is 13.4 Å². The lowest BCUT2D eigenvalue weighted by Gasteiger charge is -2.19. The van der Waals surface area contributed by atoms with Gasteiger partial charge in [0.25, 0.3) is 5.56 Å². The van der Waals surface area contributed by atoms with Crippen molar-refractivity contribution in [3.63, 3.8) is 0 Å². The molecule has 2 aliphatic rings. The fraction of sp³-hybridized carbons (Fsp3) is 0.400. The average Bonchev–Trinajstić information content (AvgIpc) is 3.52.